The van der Waals surface area contributed by atoms with Gasteiger partial charge in [0.15, 0.2) is 12.4 Å². The second kappa shape index (κ2) is 9.46. The zero-order chi connectivity index (χ0) is 19.9. The van der Waals surface area contributed by atoms with Crippen LogP contribution in [0.1, 0.15) is 29.3 Å². The van der Waals surface area contributed by atoms with E-state index in [4.69, 9.17) is 4.74 Å². The molecule has 0 atom stereocenters. The Bertz CT molecular complexity index is 823. The first-order valence-corrected chi connectivity index (χ1v) is 9.49. The Kier molecular flexibility index (Phi) is 6.76. The van der Waals surface area contributed by atoms with Crippen LogP contribution in [-0.4, -0.2) is 54.3 Å². The highest BCUT2D eigenvalue weighted by Gasteiger charge is 2.19. The quantitative estimate of drug-likeness (QED) is 0.718. The zero-order valence-corrected chi connectivity index (χ0v) is 16.1. The Morgan fingerprint density at radius 2 is 1.82 bits per heavy atom. The molecular formula is C22H25FN2O3. The minimum Gasteiger partial charge on any atom is -0.484 e. The van der Waals surface area contributed by atoms with Crippen molar-refractivity contribution in [3.63, 3.8) is 0 Å². The van der Waals surface area contributed by atoms with Crippen molar-refractivity contribution in [2.75, 3.05) is 32.8 Å². The molecule has 0 N–H and O–H groups in total. The predicted octanol–water partition coefficient (Wildman–Crippen LogP) is 3.14. The van der Waals surface area contributed by atoms with E-state index in [1.54, 1.807) is 36.4 Å². The summed E-state index contributed by atoms with van der Waals surface area (Å²) < 4.78 is 18.6. The van der Waals surface area contributed by atoms with Crippen LogP contribution in [0.5, 0.6) is 5.75 Å². The van der Waals surface area contributed by atoms with Crippen LogP contribution in [0.15, 0.2) is 48.5 Å². The number of amides is 1. The highest BCUT2D eigenvalue weighted by molar-refractivity contribution is 5.94. The Labute approximate surface area is 164 Å². The third-order valence-electron chi connectivity index (χ3n) is 4.86. The second-order valence-corrected chi connectivity index (χ2v) is 7.01. The average Bonchev–Trinajstić information content (AvgIpc) is 2.94. The molecule has 3 rings (SSSR count). The van der Waals surface area contributed by atoms with E-state index < -0.39 is 0 Å². The number of ketones is 1. The van der Waals surface area contributed by atoms with Crippen LogP contribution in [0.3, 0.4) is 0 Å². The molecule has 0 radical (unpaired) electrons. The summed E-state index contributed by atoms with van der Waals surface area (Å²) in [5, 5.41) is 0. The summed E-state index contributed by atoms with van der Waals surface area (Å²) in [5.74, 6) is 0.196. The Hall–Kier alpha value is -2.73. The summed E-state index contributed by atoms with van der Waals surface area (Å²) in [6.45, 7) is 5.19. The van der Waals surface area contributed by atoms with Crippen LogP contribution in [0.4, 0.5) is 4.39 Å². The number of carbonyl (C=O) groups excluding carboxylic acids is 2. The van der Waals surface area contributed by atoms with Crippen molar-refractivity contribution in [2.45, 2.75) is 19.9 Å². The molecule has 1 heterocycles. The van der Waals surface area contributed by atoms with E-state index in [9.17, 15) is 14.0 Å². The van der Waals surface area contributed by atoms with Crippen LogP contribution in [0.2, 0.25) is 0 Å². The second-order valence-electron chi connectivity index (χ2n) is 7.01. The lowest BCUT2D eigenvalue weighted by Gasteiger charge is -2.22. The number of rotatable bonds is 6. The first kappa shape index (κ1) is 20.0. The highest BCUT2D eigenvalue weighted by atomic mass is 19.1. The summed E-state index contributed by atoms with van der Waals surface area (Å²) in [4.78, 5) is 28.1. The largest absolute Gasteiger partial charge is 0.484 e. The highest BCUT2D eigenvalue weighted by Crippen LogP contribution is 2.15. The van der Waals surface area contributed by atoms with Gasteiger partial charge in [-0.25, -0.2) is 4.39 Å². The van der Waals surface area contributed by atoms with Crippen LogP contribution in [-0.2, 0) is 11.3 Å². The van der Waals surface area contributed by atoms with E-state index in [-0.39, 0.29) is 24.1 Å². The van der Waals surface area contributed by atoms with E-state index >= 15 is 0 Å². The molecule has 0 saturated carbocycles. The van der Waals surface area contributed by atoms with E-state index in [0.717, 1.165) is 31.6 Å². The van der Waals surface area contributed by atoms with Gasteiger partial charge in [0.1, 0.15) is 11.6 Å². The lowest BCUT2D eigenvalue weighted by atomic mass is 10.1. The van der Waals surface area contributed by atoms with Crippen molar-refractivity contribution in [3.8, 4) is 5.75 Å². The molecule has 1 saturated heterocycles. The molecule has 0 aromatic heterocycles. The van der Waals surface area contributed by atoms with E-state index in [2.05, 4.69) is 4.90 Å². The van der Waals surface area contributed by atoms with Crippen molar-refractivity contribution < 1.29 is 18.7 Å². The Balaban J connectivity index is 1.49. The standard InChI is InChI=1S/C22H25FN2O3/c1-17(26)19-4-2-5-21(14-19)28-16-22(27)25-11-3-10-24(12-13-25)15-18-6-8-20(23)9-7-18/h2,4-9,14H,3,10-13,15-16H2,1H3. The fourth-order valence-corrected chi connectivity index (χ4v) is 3.27. The molecule has 0 unspecified atom stereocenters. The van der Waals surface area contributed by atoms with Gasteiger partial charge < -0.3 is 9.64 Å². The molecule has 148 valence electrons. The summed E-state index contributed by atoms with van der Waals surface area (Å²) in [5.41, 5.74) is 1.63. The Morgan fingerprint density at radius 3 is 2.57 bits per heavy atom. The molecule has 0 spiro atoms. The average molecular weight is 384 g/mol. The maximum Gasteiger partial charge on any atom is 0.260 e. The number of hydrogen-bond donors (Lipinski definition) is 0. The van der Waals surface area contributed by atoms with Crippen LogP contribution >= 0.6 is 0 Å². The zero-order valence-electron chi connectivity index (χ0n) is 16.1. The van der Waals surface area contributed by atoms with Gasteiger partial charge in [0, 0.05) is 38.3 Å². The number of carbonyl (C=O) groups is 2. The molecule has 1 amide bonds. The maximum atomic E-state index is 13.0. The molecule has 1 aliphatic rings. The molecule has 5 nitrogen and oxygen atoms in total. The fraction of sp³-hybridized carbons (Fsp3) is 0.364. The number of Topliss-reactive ketones (excluding diaryl/α,β-unsaturated/α-hetero) is 1. The van der Waals surface area contributed by atoms with Crippen molar-refractivity contribution in [3.05, 3.63) is 65.5 Å². The van der Waals surface area contributed by atoms with Gasteiger partial charge in [-0.15, -0.1) is 0 Å². The summed E-state index contributed by atoms with van der Waals surface area (Å²) >= 11 is 0. The third kappa shape index (κ3) is 5.63. The van der Waals surface area contributed by atoms with Crippen molar-refractivity contribution in [2.24, 2.45) is 0 Å². The number of nitrogens with zero attached hydrogens (tertiary/aromatic N) is 2. The van der Waals surface area contributed by atoms with Crippen molar-refractivity contribution in [1.29, 1.82) is 0 Å². The minimum atomic E-state index is -0.231. The third-order valence-corrected chi connectivity index (χ3v) is 4.86. The monoisotopic (exact) mass is 384 g/mol. The normalized spacial score (nSPS) is 15.1. The fourth-order valence-electron chi connectivity index (χ4n) is 3.27. The summed E-state index contributed by atoms with van der Waals surface area (Å²) in [6, 6.07) is 13.4. The lowest BCUT2D eigenvalue weighted by molar-refractivity contribution is -0.133. The van der Waals surface area contributed by atoms with Gasteiger partial charge in [-0.3, -0.25) is 14.5 Å². The van der Waals surface area contributed by atoms with Crippen LogP contribution < -0.4 is 4.74 Å². The molecule has 28 heavy (non-hydrogen) atoms. The van der Waals surface area contributed by atoms with Crippen LogP contribution in [0.25, 0.3) is 0 Å². The smallest absolute Gasteiger partial charge is 0.260 e. The summed E-state index contributed by atoms with van der Waals surface area (Å²) in [7, 11) is 0. The number of hydrogen-bond acceptors (Lipinski definition) is 4. The summed E-state index contributed by atoms with van der Waals surface area (Å²) in [6.07, 6.45) is 0.882. The molecule has 6 heteroatoms. The molecule has 2 aromatic carbocycles. The van der Waals surface area contributed by atoms with Gasteiger partial charge in [-0.05, 0) is 43.2 Å². The number of benzene rings is 2. The number of halogens is 1. The van der Waals surface area contributed by atoms with Crippen LogP contribution in [0, 0.1) is 5.82 Å². The molecular weight excluding hydrogens is 359 g/mol. The number of ether oxygens (including phenoxy) is 1. The van der Waals surface area contributed by atoms with Gasteiger partial charge in [0.05, 0.1) is 0 Å². The molecule has 0 bridgehead atoms. The first-order valence-electron chi connectivity index (χ1n) is 9.49. The molecule has 1 aliphatic heterocycles. The van der Waals surface area contributed by atoms with E-state index in [1.807, 2.05) is 4.90 Å². The van der Waals surface area contributed by atoms with Crippen molar-refractivity contribution in [1.82, 2.24) is 9.80 Å². The van der Waals surface area contributed by atoms with E-state index in [1.165, 1.54) is 19.1 Å². The molecule has 1 fully saturated rings. The first-order chi connectivity index (χ1) is 13.5. The predicted molar refractivity (Wildman–Crippen MR) is 105 cm³/mol. The van der Waals surface area contributed by atoms with Gasteiger partial charge in [0.2, 0.25) is 0 Å². The lowest BCUT2D eigenvalue weighted by Crippen LogP contribution is -2.38. The molecule has 0 aliphatic carbocycles. The SMILES string of the molecule is CC(=O)c1cccc(OCC(=O)N2CCCN(Cc3ccc(F)cc3)CC2)c1. The van der Waals surface area contributed by atoms with Gasteiger partial charge in [-0.1, -0.05) is 24.3 Å². The van der Waals surface area contributed by atoms with Crippen molar-refractivity contribution >= 4 is 11.7 Å². The van der Waals surface area contributed by atoms with Gasteiger partial charge in [-0.2, -0.15) is 0 Å². The van der Waals surface area contributed by atoms with E-state index in [0.29, 0.717) is 24.4 Å². The maximum absolute atomic E-state index is 13.0. The minimum absolute atomic E-state index is 0.0365. The molecule has 2 aromatic rings. The Morgan fingerprint density at radius 1 is 1.04 bits per heavy atom. The van der Waals surface area contributed by atoms with Gasteiger partial charge >= 0.3 is 0 Å². The topological polar surface area (TPSA) is 49.9 Å². The van der Waals surface area contributed by atoms with Gasteiger partial charge in [0.25, 0.3) is 5.91 Å².